The van der Waals surface area contributed by atoms with Crippen LogP contribution in [0.25, 0.3) is 0 Å². The Morgan fingerprint density at radius 2 is 1.84 bits per heavy atom. The summed E-state index contributed by atoms with van der Waals surface area (Å²) < 4.78 is 0. The smallest absolute Gasteiger partial charge is 0.252 e. The van der Waals surface area contributed by atoms with Gasteiger partial charge >= 0.3 is 0 Å². The van der Waals surface area contributed by atoms with Crippen molar-refractivity contribution >= 4 is 5.82 Å². The molecule has 0 atom stereocenters. The summed E-state index contributed by atoms with van der Waals surface area (Å²) >= 11 is 0. The largest absolute Gasteiger partial charge is 0.356 e. The second-order valence-corrected chi connectivity index (χ2v) is 6.44. The van der Waals surface area contributed by atoms with E-state index in [2.05, 4.69) is 28.7 Å². The van der Waals surface area contributed by atoms with E-state index in [1.54, 1.807) is 6.07 Å². The molecule has 4 heteroatoms. The summed E-state index contributed by atoms with van der Waals surface area (Å²) in [6, 6.07) is 1.66. The number of H-pyrrole nitrogens is 1. The Hall–Kier alpha value is -1.32. The maximum Gasteiger partial charge on any atom is 0.252 e. The van der Waals surface area contributed by atoms with Crippen LogP contribution in [-0.2, 0) is 0 Å². The first-order chi connectivity index (χ1) is 9.11. The first-order valence-electron chi connectivity index (χ1n) is 7.48. The first-order valence-corrected chi connectivity index (χ1v) is 7.48. The van der Waals surface area contributed by atoms with Gasteiger partial charge in [-0.2, -0.15) is 0 Å². The monoisotopic (exact) mass is 261 g/mol. The maximum absolute atomic E-state index is 11.8. The first kappa shape index (κ1) is 12.7. The number of rotatable bonds is 6. The van der Waals surface area contributed by atoms with Gasteiger partial charge in [-0.15, -0.1) is 0 Å². The van der Waals surface area contributed by atoms with E-state index in [0.717, 1.165) is 36.6 Å². The van der Waals surface area contributed by atoms with Gasteiger partial charge in [0.05, 0.1) is 0 Å². The van der Waals surface area contributed by atoms with E-state index in [9.17, 15) is 4.79 Å². The van der Waals surface area contributed by atoms with Crippen LogP contribution in [0.15, 0.2) is 10.9 Å². The van der Waals surface area contributed by atoms with Crippen LogP contribution in [0.1, 0.15) is 51.3 Å². The van der Waals surface area contributed by atoms with Gasteiger partial charge in [-0.1, -0.05) is 13.8 Å². The molecule has 0 aliphatic heterocycles. The lowest BCUT2D eigenvalue weighted by molar-refractivity contribution is 0.661. The standard InChI is InChI=1S/C15H23N3O/c1-10(2)15-16-13(7-14(19)17-15)18(8-11-3-4-11)9-12-5-6-12/h7,10-12H,3-6,8-9H2,1-2H3,(H,16,17,19). The summed E-state index contributed by atoms with van der Waals surface area (Å²) in [7, 11) is 0. The van der Waals surface area contributed by atoms with Crippen LogP contribution >= 0.6 is 0 Å². The fraction of sp³-hybridized carbons (Fsp3) is 0.733. The highest BCUT2D eigenvalue weighted by Gasteiger charge is 2.30. The van der Waals surface area contributed by atoms with Crippen LogP contribution in [0.3, 0.4) is 0 Å². The summed E-state index contributed by atoms with van der Waals surface area (Å²) in [6.45, 7) is 6.28. The van der Waals surface area contributed by atoms with Crippen LogP contribution in [-0.4, -0.2) is 23.1 Å². The van der Waals surface area contributed by atoms with Gasteiger partial charge in [-0.3, -0.25) is 4.79 Å². The Labute approximate surface area is 114 Å². The SMILES string of the molecule is CC(C)c1nc(N(CC2CC2)CC2CC2)cc(=O)[nH]1. The Morgan fingerprint density at radius 3 is 2.32 bits per heavy atom. The third-order valence-electron chi connectivity index (χ3n) is 3.97. The number of anilines is 1. The predicted molar refractivity (Wildman–Crippen MR) is 76.6 cm³/mol. The summed E-state index contributed by atoms with van der Waals surface area (Å²) in [4.78, 5) is 21.7. The van der Waals surface area contributed by atoms with Gasteiger partial charge in [0, 0.05) is 25.1 Å². The lowest BCUT2D eigenvalue weighted by atomic mass is 10.2. The molecule has 0 bridgehead atoms. The summed E-state index contributed by atoms with van der Waals surface area (Å²) in [6.07, 6.45) is 5.34. The highest BCUT2D eigenvalue weighted by molar-refractivity contribution is 5.38. The molecule has 1 heterocycles. The number of hydrogen-bond donors (Lipinski definition) is 1. The van der Waals surface area contributed by atoms with Gasteiger partial charge in [0.25, 0.3) is 5.56 Å². The van der Waals surface area contributed by atoms with Crippen molar-refractivity contribution in [2.75, 3.05) is 18.0 Å². The highest BCUT2D eigenvalue weighted by atomic mass is 16.1. The normalized spacial score (nSPS) is 18.9. The molecule has 1 N–H and O–H groups in total. The Bertz CT molecular complexity index is 486. The zero-order valence-electron chi connectivity index (χ0n) is 11.9. The molecular formula is C15H23N3O. The van der Waals surface area contributed by atoms with Crippen LogP contribution in [0.4, 0.5) is 5.82 Å². The fourth-order valence-electron chi connectivity index (χ4n) is 2.38. The average molecular weight is 261 g/mol. The van der Waals surface area contributed by atoms with E-state index in [0.29, 0.717) is 0 Å². The molecule has 19 heavy (non-hydrogen) atoms. The van der Waals surface area contributed by atoms with Crippen LogP contribution in [0, 0.1) is 11.8 Å². The molecule has 0 unspecified atom stereocenters. The molecule has 1 aromatic heterocycles. The van der Waals surface area contributed by atoms with Crippen LogP contribution < -0.4 is 10.5 Å². The van der Waals surface area contributed by atoms with Crippen molar-refractivity contribution in [2.45, 2.75) is 45.4 Å². The number of aromatic nitrogens is 2. The van der Waals surface area contributed by atoms with E-state index in [4.69, 9.17) is 0 Å². The van der Waals surface area contributed by atoms with Crippen LogP contribution in [0.5, 0.6) is 0 Å². The molecule has 2 aliphatic rings. The van der Waals surface area contributed by atoms with E-state index >= 15 is 0 Å². The molecule has 0 aromatic carbocycles. The Morgan fingerprint density at radius 1 is 1.26 bits per heavy atom. The minimum Gasteiger partial charge on any atom is -0.356 e. The average Bonchev–Trinajstić information content (AvgIpc) is 3.22. The zero-order valence-corrected chi connectivity index (χ0v) is 11.9. The van der Waals surface area contributed by atoms with Crippen molar-refractivity contribution in [1.29, 1.82) is 0 Å². The molecule has 0 amide bonds. The van der Waals surface area contributed by atoms with Gasteiger partial charge in [-0.05, 0) is 37.5 Å². The molecular weight excluding hydrogens is 238 g/mol. The van der Waals surface area contributed by atoms with Crippen molar-refractivity contribution in [3.63, 3.8) is 0 Å². The zero-order chi connectivity index (χ0) is 13.4. The predicted octanol–water partition coefficient (Wildman–Crippen LogP) is 2.52. The molecule has 0 spiro atoms. The summed E-state index contributed by atoms with van der Waals surface area (Å²) in [5.41, 5.74) is -0.0229. The molecule has 2 saturated carbocycles. The van der Waals surface area contributed by atoms with Crippen LogP contribution in [0.2, 0.25) is 0 Å². The second-order valence-electron chi connectivity index (χ2n) is 6.44. The lowest BCUT2D eigenvalue weighted by Gasteiger charge is -2.24. The van der Waals surface area contributed by atoms with Crippen molar-refractivity contribution in [2.24, 2.45) is 11.8 Å². The Balaban J connectivity index is 1.84. The summed E-state index contributed by atoms with van der Waals surface area (Å²) in [5.74, 6) is 3.59. The molecule has 3 rings (SSSR count). The van der Waals surface area contributed by atoms with E-state index in [-0.39, 0.29) is 11.5 Å². The number of nitrogens with one attached hydrogen (secondary N) is 1. The van der Waals surface area contributed by atoms with Gasteiger partial charge in [0.2, 0.25) is 0 Å². The quantitative estimate of drug-likeness (QED) is 0.856. The van der Waals surface area contributed by atoms with Gasteiger partial charge in [0.1, 0.15) is 11.6 Å². The van der Waals surface area contributed by atoms with Crippen molar-refractivity contribution in [3.05, 3.63) is 22.2 Å². The molecule has 0 radical (unpaired) electrons. The topological polar surface area (TPSA) is 49.0 Å². The number of hydrogen-bond acceptors (Lipinski definition) is 3. The summed E-state index contributed by atoms with van der Waals surface area (Å²) in [5, 5.41) is 0. The minimum absolute atomic E-state index is 0.0229. The van der Waals surface area contributed by atoms with Crippen molar-refractivity contribution in [1.82, 2.24) is 9.97 Å². The van der Waals surface area contributed by atoms with Gasteiger partial charge in [0.15, 0.2) is 0 Å². The van der Waals surface area contributed by atoms with E-state index < -0.39 is 0 Å². The number of nitrogens with zero attached hydrogens (tertiary/aromatic N) is 2. The lowest BCUT2D eigenvalue weighted by Crippen LogP contribution is -2.30. The molecule has 104 valence electrons. The van der Waals surface area contributed by atoms with Gasteiger partial charge < -0.3 is 9.88 Å². The van der Waals surface area contributed by atoms with Crippen molar-refractivity contribution < 1.29 is 0 Å². The highest BCUT2D eigenvalue weighted by Crippen LogP contribution is 2.35. The van der Waals surface area contributed by atoms with Crippen molar-refractivity contribution in [3.8, 4) is 0 Å². The third kappa shape index (κ3) is 3.37. The molecule has 1 aromatic rings. The fourth-order valence-corrected chi connectivity index (χ4v) is 2.38. The minimum atomic E-state index is -0.0229. The van der Waals surface area contributed by atoms with E-state index in [1.165, 1.54) is 25.7 Å². The molecule has 4 nitrogen and oxygen atoms in total. The van der Waals surface area contributed by atoms with Gasteiger partial charge in [-0.25, -0.2) is 4.98 Å². The maximum atomic E-state index is 11.8. The Kier molecular flexibility index (Phi) is 3.33. The molecule has 2 fully saturated rings. The third-order valence-corrected chi connectivity index (χ3v) is 3.97. The van der Waals surface area contributed by atoms with E-state index in [1.807, 2.05) is 0 Å². The second kappa shape index (κ2) is 4.99. The molecule has 2 aliphatic carbocycles. The number of aromatic amines is 1. The molecule has 0 saturated heterocycles.